The molecule has 20 heavy (non-hydrogen) atoms. The van der Waals surface area contributed by atoms with Crippen molar-refractivity contribution in [3.63, 3.8) is 0 Å². The van der Waals surface area contributed by atoms with Gasteiger partial charge in [0.25, 0.3) is 5.69 Å². The molecule has 0 amide bonds. The Bertz CT molecular complexity index is 498. The molecule has 110 valence electrons. The molecule has 0 atom stereocenters. The number of non-ortho nitro benzene ring substituents is 1. The van der Waals surface area contributed by atoms with Crippen LogP contribution in [0.4, 0.5) is 11.4 Å². The van der Waals surface area contributed by atoms with Gasteiger partial charge < -0.3 is 9.47 Å². The molecule has 6 heteroatoms. The molecule has 0 unspecified atom stereocenters. The number of hydrogen-bond acceptors (Lipinski definition) is 5. The fourth-order valence-corrected chi connectivity index (χ4v) is 1.58. The lowest BCUT2D eigenvalue weighted by molar-refractivity contribution is -0.384. The number of nitro groups is 1. The molecule has 1 aromatic rings. The van der Waals surface area contributed by atoms with E-state index in [1.165, 1.54) is 12.1 Å². The van der Waals surface area contributed by atoms with E-state index < -0.39 is 4.92 Å². The summed E-state index contributed by atoms with van der Waals surface area (Å²) in [4.78, 5) is 14.6. The van der Waals surface area contributed by atoms with E-state index in [4.69, 9.17) is 9.47 Å². The Labute approximate surface area is 118 Å². The van der Waals surface area contributed by atoms with E-state index in [2.05, 4.69) is 4.99 Å². The highest BCUT2D eigenvalue weighted by Gasteiger charge is 2.12. The van der Waals surface area contributed by atoms with Gasteiger partial charge in [-0.15, -0.1) is 0 Å². The molecule has 1 rings (SSSR count). The van der Waals surface area contributed by atoms with Crippen LogP contribution >= 0.6 is 0 Å². The number of benzene rings is 1. The van der Waals surface area contributed by atoms with Crippen LogP contribution in [0.15, 0.2) is 23.2 Å². The topological polar surface area (TPSA) is 74.0 Å². The molecule has 0 aromatic heterocycles. The third-order valence-electron chi connectivity index (χ3n) is 2.30. The van der Waals surface area contributed by atoms with Crippen molar-refractivity contribution in [2.24, 2.45) is 4.99 Å². The zero-order valence-corrected chi connectivity index (χ0v) is 12.3. The van der Waals surface area contributed by atoms with Gasteiger partial charge in [-0.05, 0) is 26.3 Å². The van der Waals surface area contributed by atoms with E-state index in [0.717, 1.165) is 6.42 Å². The molecule has 6 nitrogen and oxygen atoms in total. The van der Waals surface area contributed by atoms with Crippen LogP contribution in [-0.2, 0) is 4.74 Å². The Hall–Kier alpha value is -2.11. The lowest BCUT2D eigenvalue weighted by Crippen LogP contribution is -2.07. The summed E-state index contributed by atoms with van der Waals surface area (Å²) < 4.78 is 11.0. The average molecular weight is 280 g/mol. The molecule has 0 N–H and O–H groups in total. The quantitative estimate of drug-likeness (QED) is 0.343. The number of nitrogens with zero attached hydrogens (tertiary/aromatic N) is 2. The fraction of sp³-hybridized carbons (Fsp3) is 0.500. The Balaban J connectivity index is 3.10. The normalized spacial score (nSPS) is 11.6. The van der Waals surface area contributed by atoms with Crippen molar-refractivity contribution in [1.82, 2.24) is 0 Å². The summed E-state index contributed by atoms with van der Waals surface area (Å²) in [7, 11) is 0. The van der Waals surface area contributed by atoms with E-state index in [-0.39, 0.29) is 11.8 Å². The van der Waals surface area contributed by atoms with Crippen molar-refractivity contribution in [3.05, 3.63) is 28.3 Å². The Morgan fingerprint density at radius 1 is 1.45 bits per heavy atom. The molecule has 0 saturated heterocycles. The van der Waals surface area contributed by atoms with E-state index >= 15 is 0 Å². The zero-order valence-electron chi connectivity index (χ0n) is 12.3. The van der Waals surface area contributed by atoms with Crippen LogP contribution in [-0.4, -0.2) is 23.5 Å². The van der Waals surface area contributed by atoms with E-state index in [9.17, 15) is 10.1 Å². The summed E-state index contributed by atoms with van der Waals surface area (Å²) in [6.45, 7) is 8.01. The predicted octanol–water partition coefficient (Wildman–Crippen LogP) is 3.86. The van der Waals surface area contributed by atoms with Crippen molar-refractivity contribution in [1.29, 1.82) is 0 Å². The maximum atomic E-state index is 10.8. The number of aliphatic imine (C=N–C) groups is 1. The molecule has 0 radical (unpaired) electrons. The highest BCUT2D eigenvalue weighted by Crippen LogP contribution is 2.32. The van der Waals surface area contributed by atoms with E-state index in [1.807, 2.05) is 20.8 Å². The average Bonchev–Trinajstić information content (AvgIpc) is 2.35. The first-order chi connectivity index (χ1) is 9.43. The minimum atomic E-state index is -0.457. The predicted molar refractivity (Wildman–Crippen MR) is 77.9 cm³/mol. The van der Waals surface area contributed by atoms with E-state index in [1.54, 1.807) is 13.0 Å². The van der Waals surface area contributed by atoms with Crippen molar-refractivity contribution in [2.75, 3.05) is 6.61 Å². The Kier molecular flexibility index (Phi) is 5.96. The Morgan fingerprint density at radius 2 is 2.15 bits per heavy atom. The summed E-state index contributed by atoms with van der Waals surface area (Å²) >= 11 is 0. The van der Waals surface area contributed by atoms with Crippen molar-refractivity contribution < 1.29 is 14.4 Å². The van der Waals surface area contributed by atoms with Gasteiger partial charge in [0.1, 0.15) is 11.4 Å². The Morgan fingerprint density at radius 3 is 2.70 bits per heavy atom. The number of ether oxygens (including phenoxy) is 2. The summed E-state index contributed by atoms with van der Waals surface area (Å²) in [5.41, 5.74) is 0.385. The summed E-state index contributed by atoms with van der Waals surface area (Å²) in [5.74, 6) is 0.964. The second kappa shape index (κ2) is 7.47. The largest absolute Gasteiger partial charge is 0.491 e. The molecule has 0 saturated carbocycles. The second-order valence-corrected chi connectivity index (χ2v) is 4.56. The molecular formula is C14H20N2O4. The SMILES string of the molecule is CCCOc1ccc([N+](=O)[O-])cc1/N=C(/C)OC(C)C. The zero-order chi connectivity index (χ0) is 15.1. The molecule has 0 fully saturated rings. The van der Waals surface area contributed by atoms with E-state index in [0.29, 0.717) is 23.9 Å². The van der Waals surface area contributed by atoms with Gasteiger partial charge in [0.2, 0.25) is 0 Å². The lowest BCUT2D eigenvalue weighted by atomic mass is 10.2. The summed E-state index contributed by atoms with van der Waals surface area (Å²) in [5, 5.41) is 10.8. The van der Waals surface area contributed by atoms with Crippen molar-refractivity contribution >= 4 is 17.3 Å². The van der Waals surface area contributed by atoms with Crippen LogP contribution in [0.2, 0.25) is 0 Å². The van der Waals surface area contributed by atoms with Crippen LogP contribution in [0, 0.1) is 10.1 Å². The standard InChI is InChI=1S/C14H20N2O4/c1-5-8-19-14-7-6-12(16(17)18)9-13(14)15-11(4)20-10(2)3/h6-7,9-10H,5,8H2,1-4H3/b15-11-. The molecular weight excluding hydrogens is 260 g/mol. The van der Waals surface area contributed by atoms with Gasteiger partial charge in [0.05, 0.1) is 17.6 Å². The maximum Gasteiger partial charge on any atom is 0.271 e. The number of rotatable bonds is 6. The lowest BCUT2D eigenvalue weighted by Gasteiger charge is -2.11. The van der Waals surface area contributed by atoms with Crippen molar-refractivity contribution in [3.8, 4) is 5.75 Å². The fourth-order valence-electron chi connectivity index (χ4n) is 1.58. The van der Waals surface area contributed by atoms with Gasteiger partial charge in [-0.2, -0.15) is 0 Å². The van der Waals surface area contributed by atoms with Gasteiger partial charge in [0.15, 0.2) is 5.90 Å². The monoisotopic (exact) mass is 280 g/mol. The first-order valence-electron chi connectivity index (χ1n) is 6.57. The molecule has 0 aliphatic rings. The molecule has 0 spiro atoms. The van der Waals surface area contributed by atoms with Crippen LogP contribution in [0.3, 0.4) is 0 Å². The number of nitro benzene ring substituents is 1. The smallest absolute Gasteiger partial charge is 0.271 e. The molecule has 1 aromatic carbocycles. The van der Waals surface area contributed by atoms with Crippen LogP contribution in [0.25, 0.3) is 0 Å². The molecule has 0 aliphatic carbocycles. The third-order valence-corrected chi connectivity index (χ3v) is 2.30. The number of hydrogen-bond donors (Lipinski definition) is 0. The second-order valence-electron chi connectivity index (χ2n) is 4.56. The minimum Gasteiger partial charge on any atom is -0.491 e. The summed E-state index contributed by atoms with van der Waals surface area (Å²) in [6, 6.07) is 4.36. The van der Waals surface area contributed by atoms with Gasteiger partial charge in [0, 0.05) is 19.1 Å². The van der Waals surface area contributed by atoms with Crippen LogP contribution in [0.5, 0.6) is 5.75 Å². The van der Waals surface area contributed by atoms with Crippen molar-refractivity contribution in [2.45, 2.75) is 40.2 Å². The van der Waals surface area contributed by atoms with Crippen LogP contribution in [0.1, 0.15) is 34.1 Å². The molecule has 0 aliphatic heterocycles. The first kappa shape index (κ1) is 15.9. The maximum absolute atomic E-state index is 10.8. The highest BCUT2D eigenvalue weighted by atomic mass is 16.6. The van der Waals surface area contributed by atoms with Gasteiger partial charge in [-0.3, -0.25) is 10.1 Å². The molecule has 0 bridgehead atoms. The van der Waals surface area contributed by atoms with Gasteiger partial charge >= 0.3 is 0 Å². The van der Waals surface area contributed by atoms with Gasteiger partial charge in [-0.1, -0.05) is 6.92 Å². The third kappa shape index (κ3) is 4.87. The highest BCUT2D eigenvalue weighted by molar-refractivity contribution is 5.78. The van der Waals surface area contributed by atoms with Crippen LogP contribution < -0.4 is 4.74 Å². The molecule has 0 heterocycles. The minimum absolute atomic E-state index is 0.00235. The van der Waals surface area contributed by atoms with Gasteiger partial charge in [-0.25, -0.2) is 4.99 Å². The summed E-state index contributed by atoms with van der Waals surface area (Å²) in [6.07, 6.45) is 0.846. The first-order valence-corrected chi connectivity index (χ1v) is 6.57.